The maximum atomic E-state index is 10.8. The Kier molecular flexibility index (Phi) is 4.88. The zero-order valence-corrected chi connectivity index (χ0v) is 11.7. The molecule has 98 valence electrons. The van der Waals surface area contributed by atoms with Gasteiger partial charge in [0.05, 0.1) is 6.42 Å². The van der Waals surface area contributed by atoms with E-state index < -0.39 is 5.97 Å². The van der Waals surface area contributed by atoms with Crippen LogP contribution in [0.2, 0.25) is 0 Å². The molecule has 0 aromatic heterocycles. The Morgan fingerprint density at radius 3 is 2.42 bits per heavy atom. The number of hydrogen-bond acceptors (Lipinski definition) is 2. The summed E-state index contributed by atoms with van der Waals surface area (Å²) in [6.45, 7) is 0. The van der Waals surface area contributed by atoms with E-state index in [1.54, 1.807) is 11.8 Å². The fraction of sp³-hybridized carbons (Fsp3) is 0.133. The molecule has 2 aromatic carbocycles. The van der Waals surface area contributed by atoms with Crippen LogP contribution in [0.4, 0.5) is 0 Å². The van der Waals surface area contributed by atoms with Gasteiger partial charge in [0.25, 0.3) is 0 Å². The van der Waals surface area contributed by atoms with Gasteiger partial charge in [0.2, 0.25) is 0 Å². The van der Waals surface area contributed by atoms with Crippen LogP contribution in [0, 0.1) is 0 Å². The van der Waals surface area contributed by atoms with E-state index in [-0.39, 0.29) is 6.42 Å². The average molecular weight is 293 g/mol. The molecule has 0 radical (unpaired) electrons. The largest absolute Gasteiger partial charge is 0.481 e. The second kappa shape index (κ2) is 6.64. The number of carboxylic acids is 1. The first-order valence-electron chi connectivity index (χ1n) is 5.81. The molecule has 2 rings (SSSR count). The van der Waals surface area contributed by atoms with Gasteiger partial charge >= 0.3 is 5.97 Å². The van der Waals surface area contributed by atoms with Crippen LogP contribution in [0.1, 0.15) is 11.1 Å². The van der Waals surface area contributed by atoms with Crippen molar-refractivity contribution in [3.63, 3.8) is 0 Å². The van der Waals surface area contributed by atoms with E-state index in [9.17, 15) is 4.79 Å². The summed E-state index contributed by atoms with van der Waals surface area (Å²) in [6, 6.07) is 15.5. The summed E-state index contributed by atoms with van der Waals surface area (Å²) in [4.78, 5) is 12.9. The smallest absolute Gasteiger partial charge is 0.307 e. The number of carbonyl (C=O) groups is 1. The quantitative estimate of drug-likeness (QED) is 0.839. The van der Waals surface area contributed by atoms with E-state index in [0.717, 1.165) is 20.9 Å². The highest BCUT2D eigenvalue weighted by Crippen LogP contribution is 2.31. The van der Waals surface area contributed by atoms with Crippen molar-refractivity contribution < 1.29 is 9.90 Å². The van der Waals surface area contributed by atoms with Gasteiger partial charge in [-0.05, 0) is 29.3 Å². The minimum Gasteiger partial charge on any atom is -0.481 e. The molecule has 1 N–H and O–H groups in total. The van der Waals surface area contributed by atoms with Crippen molar-refractivity contribution in [1.29, 1.82) is 0 Å². The number of carboxylic acid groups (broad SMARTS) is 1. The van der Waals surface area contributed by atoms with Gasteiger partial charge in [0.15, 0.2) is 0 Å². The Morgan fingerprint density at radius 2 is 1.79 bits per heavy atom. The van der Waals surface area contributed by atoms with E-state index in [2.05, 4.69) is 0 Å². The summed E-state index contributed by atoms with van der Waals surface area (Å²) in [6.07, 6.45) is 0.0446. The molecule has 19 heavy (non-hydrogen) atoms. The van der Waals surface area contributed by atoms with E-state index in [1.807, 2.05) is 48.5 Å². The van der Waals surface area contributed by atoms with Crippen LogP contribution in [0.25, 0.3) is 0 Å². The molecule has 0 heterocycles. The zero-order valence-electron chi connectivity index (χ0n) is 10.2. The zero-order chi connectivity index (χ0) is 13.7. The van der Waals surface area contributed by atoms with Crippen LogP contribution < -0.4 is 0 Å². The number of aliphatic carboxylic acids is 1. The fourth-order valence-electron chi connectivity index (χ4n) is 1.69. The van der Waals surface area contributed by atoms with Crippen LogP contribution in [0.5, 0.6) is 0 Å². The van der Waals surface area contributed by atoms with Gasteiger partial charge in [0, 0.05) is 15.7 Å². The molecule has 4 heteroatoms. The predicted octanol–water partition coefficient (Wildman–Crippen LogP) is 4.20. The highest BCUT2D eigenvalue weighted by molar-refractivity contribution is 7.99. The summed E-state index contributed by atoms with van der Waals surface area (Å²) >= 11 is 7.32. The normalized spacial score (nSPS) is 10.4. The Bertz CT molecular complexity index is 567. The standard InChI is InChI=1S/C15H13ClO2S/c16-10-11-5-7-13(8-6-11)19-14-4-2-1-3-12(14)9-15(17)18/h1-8H,9-10H2,(H,17,18). The number of alkyl halides is 1. The van der Waals surface area contributed by atoms with E-state index in [0.29, 0.717) is 5.88 Å². The first-order chi connectivity index (χ1) is 9.19. The maximum absolute atomic E-state index is 10.8. The molecule has 0 aliphatic carbocycles. The lowest BCUT2D eigenvalue weighted by Gasteiger charge is -2.07. The van der Waals surface area contributed by atoms with Crippen LogP contribution in [-0.2, 0) is 17.1 Å². The third-order valence-corrected chi connectivity index (χ3v) is 4.05. The van der Waals surface area contributed by atoms with Crippen molar-refractivity contribution in [2.45, 2.75) is 22.1 Å². The Hall–Kier alpha value is -1.45. The van der Waals surface area contributed by atoms with Gasteiger partial charge in [-0.25, -0.2) is 0 Å². The molecule has 2 aromatic rings. The molecule has 0 amide bonds. The topological polar surface area (TPSA) is 37.3 Å². The number of hydrogen-bond donors (Lipinski definition) is 1. The molecule has 0 unspecified atom stereocenters. The lowest BCUT2D eigenvalue weighted by atomic mass is 10.1. The Balaban J connectivity index is 2.19. The molecule has 0 atom stereocenters. The molecule has 0 saturated heterocycles. The summed E-state index contributed by atoms with van der Waals surface area (Å²) in [5.74, 6) is -0.314. The Labute approximate surface area is 121 Å². The lowest BCUT2D eigenvalue weighted by Crippen LogP contribution is -2.01. The molecule has 2 nitrogen and oxygen atoms in total. The van der Waals surface area contributed by atoms with E-state index >= 15 is 0 Å². The summed E-state index contributed by atoms with van der Waals surface area (Å²) in [7, 11) is 0. The fourth-order valence-corrected chi connectivity index (χ4v) is 2.81. The third kappa shape index (κ3) is 4.01. The van der Waals surface area contributed by atoms with Crippen molar-refractivity contribution >= 4 is 29.3 Å². The molecule has 0 spiro atoms. The Morgan fingerprint density at radius 1 is 1.11 bits per heavy atom. The predicted molar refractivity (Wildman–Crippen MR) is 77.9 cm³/mol. The molecule has 0 saturated carbocycles. The van der Waals surface area contributed by atoms with Crippen LogP contribution in [-0.4, -0.2) is 11.1 Å². The first-order valence-corrected chi connectivity index (χ1v) is 7.16. The molecule has 0 aliphatic heterocycles. The minimum atomic E-state index is -0.814. The molecule has 0 fully saturated rings. The SMILES string of the molecule is O=C(O)Cc1ccccc1Sc1ccc(CCl)cc1. The van der Waals surface area contributed by atoms with Crippen molar-refractivity contribution in [3.8, 4) is 0 Å². The van der Waals surface area contributed by atoms with Gasteiger partial charge < -0.3 is 5.11 Å². The average Bonchev–Trinajstić information content (AvgIpc) is 2.41. The minimum absolute atomic E-state index is 0.0446. The van der Waals surface area contributed by atoms with Crippen LogP contribution in [0.15, 0.2) is 58.3 Å². The third-order valence-electron chi connectivity index (χ3n) is 2.62. The van der Waals surface area contributed by atoms with Crippen LogP contribution >= 0.6 is 23.4 Å². The first kappa shape index (κ1) is 14.0. The lowest BCUT2D eigenvalue weighted by molar-refractivity contribution is -0.136. The van der Waals surface area contributed by atoms with Crippen molar-refractivity contribution in [2.24, 2.45) is 0 Å². The number of halogens is 1. The van der Waals surface area contributed by atoms with Crippen molar-refractivity contribution in [2.75, 3.05) is 0 Å². The monoisotopic (exact) mass is 292 g/mol. The molecule has 0 aliphatic rings. The van der Waals surface area contributed by atoms with Gasteiger partial charge in [0.1, 0.15) is 0 Å². The van der Waals surface area contributed by atoms with Gasteiger partial charge in [-0.2, -0.15) is 0 Å². The van der Waals surface area contributed by atoms with Gasteiger partial charge in [-0.3, -0.25) is 4.79 Å². The molecular weight excluding hydrogens is 280 g/mol. The van der Waals surface area contributed by atoms with Gasteiger partial charge in [-0.1, -0.05) is 42.1 Å². The van der Waals surface area contributed by atoms with Crippen molar-refractivity contribution in [3.05, 3.63) is 59.7 Å². The summed E-state index contributed by atoms with van der Waals surface area (Å²) in [5, 5.41) is 8.90. The number of benzene rings is 2. The van der Waals surface area contributed by atoms with E-state index in [1.165, 1.54) is 0 Å². The molecule has 0 bridgehead atoms. The number of rotatable bonds is 5. The van der Waals surface area contributed by atoms with E-state index in [4.69, 9.17) is 16.7 Å². The summed E-state index contributed by atoms with van der Waals surface area (Å²) in [5.41, 5.74) is 1.91. The highest BCUT2D eigenvalue weighted by Gasteiger charge is 2.07. The second-order valence-electron chi connectivity index (χ2n) is 4.06. The summed E-state index contributed by atoms with van der Waals surface area (Å²) < 4.78 is 0. The second-order valence-corrected chi connectivity index (χ2v) is 5.44. The molecular formula is C15H13ClO2S. The highest BCUT2D eigenvalue weighted by atomic mass is 35.5. The van der Waals surface area contributed by atoms with Crippen molar-refractivity contribution in [1.82, 2.24) is 0 Å². The van der Waals surface area contributed by atoms with Crippen LogP contribution in [0.3, 0.4) is 0 Å². The van der Waals surface area contributed by atoms with Gasteiger partial charge in [-0.15, -0.1) is 11.6 Å². The maximum Gasteiger partial charge on any atom is 0.307 e.